The number of benzene rings is 1. The second kappa shape index (κ2) is 4.35. The minimum absolute atomic E-state index is 0.0841. The number of hydrogen-bond acceptors (Lipinski definition) is 2. The molecule has 1 N–H and O–H groups in total. The summed E-state index contributed by atoms with van der Waals surface area (Å²) in [5, 5.41) is 15.0. The van der Waals surface area contributed by atoms with E-state index >= 15 is 0 Å². The first-order valence-electron chi connectivity index (χ1n) is 3.31. The summed E-state index contributed by atoms with van der Waals surface area (Å²) in [6.45, 7) is 0. The second-order valence-electron chi connectivity index (χ2n) is 2.12. The Kier molecular flexibility index (Phi) is 3.14. The molecular weight excluding hydrogens is 192 g/mol. The van der Waals surface area contributed by atoms with Gasteiger partial charge in [0.25, 0.3) is 0 Å². The molecule has 0 unspecified atom stereocenters. The van der Waals surface area contributed by atoms with Crippen molar-refractivity contribution in [1.82, 2.24) is 0 Å². The van der Waals surface area contributed by atoms with Gasteiger partial charge in [-0.2, -0.15) is 0 Å². The van der Waals surface area contributed by atoms with Crippen LogP contribution in [0.2, 0.25) is 5.02 Å². The maximum atomic E-state index is 8.47. The highest BCUT2D eigenvalue weighted by molar-refractivity contribution is 6.30. The highest BCUT2D eigenvalue weighted by Crippen LogP contribution is 2.10. The third-order valence-corrected chi connectivity index (χ3v) is 1.59. The molecule has 0 radical (unpaired) electrons. The van der Waals surface area contributed by atoms with E-state index < -0.39 is 0 Å². The minimum atomic E-state index is -0.0841. The topological polar surface area (TPSA) is 81.4 Å². The van der Waals surface area contributed by atoms with Gasteiger partial charge in [0.1, 0.15) is 0 Å². The van der Waals surface area contributed by atoms with Crippen LogP contribution < -0.4 is 0 Å². The van der Waals surface area contributed by atoms with Crippen molar-refractivity contribution in [3.8, 4) is 0 Å². The molecule has 0 amide bonds. The fourth-order valence-corrected chi connectivity index (χ4v) is 0.903. The van der Waals surface area contributed by atoms with E-state index in [1.54, 1.807) is 24.3 Å². The van der Waals surface area contributed by atoms with Crippen molar-refractivity contribution in [1.29, 1.82) is 0 Å². The molecule has 0 aliphatic heterocycles. The molecule has 5 nitrogen and oxygen atoms in total. The van der Waals surface area contributed by atoms with Crippen LogP contribution in [0, 0.1) is 0 Å². The molecule has 1 aromatic carbocycles. The summed E-state index contributed by atoms with van der Waals surface area (Å²) in [6, 6.07) is 6.39. The lowest BCUT2D eigenvalue weighted by molar-refractivity contribution is 0.318. The predicted molar refractivity (Wildman–Crippen MR) is 48.9 cm³/mol. The summed E-state index contributed by atoms with van der Waals surface area (Å²) >= 11 is 5.63. The van der Waals surface area contributed by atoms with E-state index in [0.29, 0.717) is 10.6 Å². The number of hydrogen-bond donors (Lipinski definition) is 1. The Bertz CT molecular complexity index is 367. The van der Waals surface area contributed by atoms with E-state index in [9.17, 15) is 0 Å². The third kappa shape index (κ3) is 2.37. The Morgan fingerprint density at radius 3 is 2.46 bits per heavy atom. The molecule has 1 aromatic rings. The van der Waals surface area contributed by atoms with Crippen molar-refractivity contribution >= 4 is 17.4 Å². The van der Waals surface area contributed by atoms with Crippen molar-refractivity contribution in [3.63, 3.8) is 0 Å². The van der Waals surface area contributed by atoms with E-state index in [1.165, 1.54) is 0 Å². The van der Waals surface area contributed by atoms with Crippen LogP contribution in [0.4, 0.5) is 0 Å². The van der Waals surface area contributed by atoms with Crippen molar-refractivity contribution in [2.75, 3.05) is 0 Å². The lowest BCUT2D eigenvalue weighted by Crippen LogP contribution is -1.94. The zero-order chi connectivity index (χ0) is 9.68. The molecule has 0 fully saturated rings. The van der Waals surface area contributed by atoms with Crippen LogP contribution >= 0.6 is 11.6 Å². The molecule has 66 valence electrons. The minimum Gasteiger partial charge on any atom is -0.410 e. The van der Waals surface area contributed by atoms with Crippen LogP contribution in [0.25, 0.3) is 10.4 Å². The fraction of sp³-hybridized carbons (Fsp3) is 0. The fourth-order valence-electron chi connectivity index (χ4n) is 0.777. The van der Waals surface area contributed by atoms with Gasteiger partial charge in [-0.1, -0.05) is 28.9 Å². The second-order valence-corrected chi connectivity index (χ2v) is 2.56. The van der Waals surface area contributed by atoms with E-state index in [-0.39, 0.29) is 5.84 Å². The lowest BCUT2D eigenvalue weighted by atomic mass is 10.2. The molecular formula is C7H5ClN4O. The SMILES string of the molecule is [N-]=[N+]=N/C(=N/O)c1ccc(Cl)cc1. The summed E-state index contributed by atoms with van der Waals surface area (Å²) in [5.41, 5.74) is 8.63. The van der Waals surface area contributed by atoms with Crippen molar-refractivity contribution in [3.05, 3.63) is 45.3 Å². The standard InChI is InChI=1S/C7H5ClN4O/c8-6-3-1-5(2-4-6)7(11-13)10-12-9/h1-4,13H/b11-7+. The smallest absolute Gasteiger partial charge is 0.173 e. The molecule has 0 saturated heterocycles. The highest BCUT2D eigenvalue weighted by Gasteiger charge is 2.00. The van der Waals surface area contributed by atoms with Crippen LogP contribution in [0.3, 0.4) is 0 Å². The molecule has 6 heteroatoms. The predicted octanol–water partition coefficient (Wildman–Crippen LogP) is 2.79. The van der Waals surface area contributed by atoms with E-state index in [4.69, 9.17) is 22.3 Å². The van der Waals surface area contributed by atoms with Crippen molar-refractivity contribution < 1.29 is 5.21 Å². The molecule has 0 aliphatic rings. The van der Waals surface area contributed by atoms with Gasteiger partial charge in [-0.3, -0.25) is 0 Å². The van der Waals surface area contributed by atoms with E-state index in [1.807, 2.05) is 0 Å². The Labute approximate surface area is 78.9 Å². The van der Waals surface area contributed by atoms with Gasteiger partial charge in [0.05, 0.1) is 0 Å². The third-order valence-electron chi connectivity index (χ3n) is 1.34. The normalized spacial score (nSPS) is 10.7. The first-order valence-corrected chi connectivity index (χ1v) is 3.69. The van der Waals surface area contributed by atoms with Gasteiger partial charge < -0.3 is 5.21 Å². The molecule has 13 heavy (non-hydrogen) atoms. The van der Waals surface area contributed by atoms with E-state index in [2.05, 4.69) is 15.2 Å². The lowest BCUT2D eigenvalue weighted by Gasteiger charge is -1.96. The van der Waals surface area contributed by atoms with Crippen LogP contribution in [-0.2, 0) is 0 Å². The zero-order valence-corrected chi connectivity index (χ0v) is 7.18. The number of rotatable bonds is 1. The first-order chi connectivity index (χ1) is 6.27. The first kappa shape index (κ1) is 9.38. The molecule has 0 bridgehead atoms. The van der Waals surface area contributed by atoms with Gasteiger partial charge in [-0.15, -0.1) is 0 Å². The Morgan fingerprint density at radius 2 is 2.00 bits per heavy atom. The largest absolute Gasteiger partial charge is 0.410 e. The Morgan fingerprint density at radius 1 is 1.38 bits per heavy atom. The summed E-state index contributed by atoms with van der Waals surface area (Å²) in [6.07, 6.45) is 0. The van der Waals surface area contributed by atoms with Crippen LogP contribution in [0.15, 0.2) is 34.5 Å². The molecule has 0 heterocycles. The summed E-state index contributed by atoms with van der Waals surface area (Å²) < 4.78 is 0. The number of halogens is 1. The van der Waals surface area contributed by atoms with Gasteiger partial charge in [-0.25, -0.2) is 0 Å². The number of nitrogens with zero attached hydrogens (tertiary/aromatic N) is 4. The summed E-state index contributed by atoms with van der Waals surface area (Å²) in [7, 11) is 0. The zero-order valence-electron chi connectivity index (χ0n) is 6.42. The molecule has 0 aliphatic carbocycles. The number of azide groups is 1. The molecule has 0 spiro atoms. The molecule has 1 rings (SSSR count). The maximum Gasteiger partial charge on any atom is 0.173 e. The average Bonchev–Trinajstić information content (AvgIpc) is 2.16. The Balaban J connectivity index is 3.07. The van der Waals surface area contributed by atoms with E-state index in [0.717, 1.165) is 0 Å². The molecule has 0 aromatic heterocycles. The van der Waals surface area contributed by atoms with Crippen LogP contribution in [-0.4, -0.2) is 11.0 Å². The van der Waals surface area contributed by atoms with Crippen molar-refractivity contribution in [2.45, 2.75) is 0 Å². The summed E-state index contributed by atoms with van der Waals surface area (Å²) in [5.74, 6) is -0.0841. The maximum absolute atomic E-state index is 8.47. The highest BCUT2D eigenvalue weighted by atomic mass is 35.5. The molecule has 0 atom stereocenters. The number of amidine groups is 1. The number of oxime groups is 1. The van der Waals surface area contributed by atoms with Gasteiger partial charge in [-0.05, 0) is 22.8 Å². The molecule has 0 saturated carbocycles. The average molecular weight is 197 g/mol. The van der Waals surface area contributed by atoms with Crippen molar-refractivity contribution in [2.24, 2.45) is 10.3 Å². The van der Waals surface area contributed by atoms with Crippen LogP contribution in [0.1, 0.15) is 5.56 Å². The quantitative estimate of drug-likeness (QED) is 0.140. The monoisotopic (exact) mass is 196 g/mol. The Hall–Kier alpha value is -1.71. The van der Waals surface area contributed by atoms with Gasteiger partial charge >= 0.3 is 0 Å². The van der Waals surface area contributed by atoms with Crippen LogP contribution in [0.5, 0.6) is 0 Å². The van der Waals surface area contributed by atoms with Gasteiger partial charge in [0, 0.05) is 15.5 Å². The summed E-state index contributed by atoms with van der Waals surface area (Å²) in [4.78, 5) is 2.51. The van der Waals surface area contributed by atoms with Gasteiger partial charge in [0.2, 0.25) is 0 Å². The van der Waals surface area contributed by atoms with Gasteiger partial charge in [0.15, 0.2) is 5.84 Å².